The fourth-order valence-corrected chi connectivity index (χ4v) is 3.53. The largest absolute Gasteiger partial charge is 0.497 e. The maximum absolute atomic E-state index is 12.6. The van der Waals surface area contributed by atoms with Crippen LogP contribution in [0.2, 0.25) is 0 Å². The molecule has 1 aromatic carbocycles. The Hall–Kier alpha value is -2.12. The van der Waals surface area contributed by atoms with Crippen LogP contribution in [0.1, 0.15) is 27.8 Å². The number of amides is 1. The zero-order valence-corrected chi connectivity index (χ0v) is 15.6. The van der Waals surface area contributed by atoms with Crippen molar-refractivity contribution < 1.29 is 9.53 Å². The first-order chi connectivity index (χ1) is 11.6. The second kappa shape index (κ2) is 7.19. The van der Waals surface area contributed by atoms with E-state index in [0.29, 0.717) is 5.56 Å². The van der Waals surface area contributed by atoms with E-state index in [-0.39, 0.29) is 11.9 Å². The average molecular weight is 406 g/mol. The maximum atomic E-state index is 12.6. The van der Waals surface area contributed by atoms with Crippen molar-refractivity contribution in [1.82, 2.24) is 14.9 Å². The Bertz CT molecular complexity index is 842. The summed E-state index contributed by atoms with van der Waals surface area (Å²) >= 11 is 4.87. The highest BCUT2D eigenvalue weighted by molar-refractivity contribution is 9.11. The number of hydrogen-bond acceptors (Lipinski definition) is 4. The summed E-state index contributed by atoms with van der Waals surface area (Å²) in [6.45, 7) is 0. The van der Waals surface area contributed by atoms with Crippen molar-refractivity contribution in [3.8, 4) is 5.75 Å². The normalized spacial score (nSPS) is 12.0. The molecule has 1 amide bonds. The molecule has 0 aliphatic carbocycles. The minimum atomic E-state index is -0.345. The Morgan fingerprint density at radius 2 is 2.12 bits per heavy atom. The lowest BCUT2D eigenvalue weighted by molar-refractivity contribution is 0.0941. The van der Waals surface area contributed by atoms with Gasteiger partial charge in [-0.05, 0) is 39.7 Å². The fourth-order valence-electron chi connectivity index (χ4n) is 2.39. The Kier molecular flexibility index (Phi) is 5.01. The van der Waals surface area contributed by atoms with E-state index in [1.165, 1.54) is 11.3 Å². The fraction of sp³-hybridized carbons (Fsp3) is 0.176. The number of benzene rings is 1. The number of imidazole rings is 1. The van der Waals surface area contributed by atoms with E-state index in [4.69, 9.17) is 4.74 Å². The summed E-state index contributed by atoms with van der Waals surface area (Å²) in [5.74, 6) is 1.40. The Labute approximate surface area is 152 Å². The van der Waals surface area contributed by atoms with E-state index in [9.17, 15) is 4.79 Å². The molecule has 1 atom stereocenters. The lowest BCUT2D eigenvalue weighted by Crippen LogP contribution is -2.30. The van der Waals surface area contributed by atoms with Crippen LogP contribution >= 0.6 is 27.3 Å². The number of carbonyl (C=O) groups excluding carboxylic acids is 1. The average Bonchev–Trinajstić information content (AvgIpc) is 3.21. The van der Waals surface area contributed by atoms with E-state index in [1.54, 1.807) is 13.3 Å². The van der Waals surface area contributed by atoms with E-state index in [2.05, 4.69) is 26.2 Å². The van der Waals surface area contributed by atoms with Gasteiger partial charge in [0.25, 0.3) is 5.91 Å². The quantitative estimate of drug-likeness (QED) is 0.702. The van der Waals surface area contributed by atoms with Crippen molar-refractivity contribution in [2.24, 2.45) is 7.05 Å². The second-order valence-corrected chi connectivity index (χ2v) is 7.51. The molecule has 0 aliphatic heterocycles. The van der Waals surface area contributed by atoms with Crippen LogP contribution in [0.15, 0.2) is 51.9 Å². The molecule has 2 heterocycles. The third kappa shape index (κ3) is 3.52. The molecule has 0 bridgehead atoms. The van der Waals surface area contributed by atoms with Gasteiger partial charge < -0.3 is 14.6 Å². The number of methoxy groups -OCH3 is 1. The first kappa shape index (κ1) is 16.7. The molecule has 1 N–H and O–H groups in total. The number of rotatable bonds is 5. The highest BCUT2D eigenvalue weighted by atomic mass is 79.9. The van der Waals surface area contributed by atoms with E-state index < -0.39 is 0 Å². The number of thiophene rings is 1. The van der Waals surface area contributed by atoms with Gasteiger partial charge in [-0.25, -0.2) is 4.98 Å². The summed E-state index contributed by atoms with van der Waals surface area (Å²) in [5, 5.41) is 4.89. The van der Waals surface area contributed by atoms with Gasteiger partial charge in [0.05, 0.1) is 16.5 Å². The molecule has 0 saturated heterocycles. The number of aryl methyl sites for hydroxylation is 1. The van der Waals surface area contributed by atoms with Gasteiger partial charge in [-0.15, -0.1) is 11.3 Å². The maximum Gasteiger partial charge on any atom is 0.253 e. The van der Waals surface area contributed by atoms with Crippen molar-refractivity contribution in [3.05, 3.63) is 68.8 Å². The lowest BCUT2D eigenvalue weighted by Gasteiger charge is -2.19. The molecule has 1 unspecified atom stereocenters. The van der Waals surface area contributed by atoms with Gasteiger partial charge in [-0.3, -0.25) is 4.79 Å². The predicted molar refractivity (Wildman–Crippen MR) is 97.5 cm³/mol. The third-order valence-electron chi connectivity index (χ3n) is 3.67. The first-order valence-electron chi connectivity index (χ1n) is 7.24. The van der Waals surface area contributed by atoms with Crippen LogP contribution in [-0.4, -0.2) is 22.6 Å². The highest BCUT2D eigenvalue weighted by Crippen LogP contribution is 2.25. The van der Waals surface area contributed by atoms with Gasteiger partial charge in [0.2, 0.25) is 0 Å². The van der Waals surface area contributed by atoms with E-state index in [1.807, 2.05) is 53.5 Å². The van der Waals surface area contributed by atoms with Crippen molar-refractivity contribution in [1.29, 1.82) is 0 Å². The van der Waals surface area contributed by atoms with Gasteiger partial charge in [0.1, 0.15) is 17.6 Å². The number of ether oxygens (including phenoxy) is 1. The molecule has 2 aromatic heterocycles. The topological polar surface area (TPSA) is 56.1 Å². The number of halogens is 1. The van der Waals surface area contributed by atoms with Crippen LogP contribution < -0.4 is 10.1 Å². The first-order valence-corrected chi connectivity index (χ1v) is 8.92. The lowest BCUT2D eigenvalue weighted by atomic mass is 10.1. The van der Waals surface area contributed by atoms with E-state index in [0.717, 1.165) is 20.9 Å². The summed E-state index contributed by atoms with van der Waals surface area (Å²) < 4.78 is 8.03. The summed E-state index contributed by atoms with van der Waals surface area (Å²) in [6.07, 6.45) is 3.58. The van der Waals surface area contributed by atoms with Crippen LogP contribution in [0.5, 0.6) is 5.75 Å². The van der Waals surface area contributed by atoms with Crippen molar-refractivity contribution in [2.45, 2.75) is 6.04 Å². The Morgan fingerprint density at radius 1 is 1.38 bits per heavy atom. The summed E-state index contributed by atoms with van der Waals surface area (Å²) in [6, 6.07) is 9.08. The zero-order valence-electron chi connectivity index (χ0n) is 13.2. The number of carbonyl (C=O) groups is 1. The zero-order chi connectivity index (χ0) is 17.1. The standard InChI is InChI=1S/C17H16BrN3O2S/c1-21-8-7-19-16(21)15(11-3-5-13(23-2)6-4-11)20-17(22)12-9-14(18)24-10-12/h3-10,15H,1-2H3,(H,20,22). The van der Waals surface area contributed by atoms with Crippen molar-refractivity contribution >= 4 is 33.2 Å². The van der Waals surface area contributed by atoms with Crippen molar-refractivity contribution in [2.75, 3.05) is 7.11 Å². The van der Waals surface area contributed by atoms with Crippen LogP contribution in [0.25, 0.3) is 0 Å². The highest BCUT2D eigenvalue weighted by Gasteiger charge is 2.22. The number of nitrogens with zero attached hydrogens (tertiary/aromatic N) is 2. The van der Waals surface area contributed by atoms with Gasteiger partial charge >= 0.3 is 0 Å². The monoisotopic (exact) mass is 405 g/mol. The molecular weight excluding hydrogens is 390 g/mol. The van der Waals surface area contributed by atoms with Crippen molar-refractivity contribution in [3.63, 3.8) is 0 Å². The molecular formula is C17H16BrN3O2S. The van der Waals surface area contributed by atoms with Gasteiger partial charge in [-0.1, -0.05) is 12.1 Å². The Morgan fingerprint density at radius 3 is 2.67 bits per heavy atom. The molecule has 5 nitrogen and oxygen atoms in total. The molecule has 7 heteroatoms. The molecule has 0 fully saturated rings. The number of nitrogens with one attached hydrogen (secondary N) is 1. The molecule has 0 radical (unpaired) electrons. The predicted octanol–water partition coefficient (Wildman–Crippen LogP) is 3.77. The molecule has 0 aliphatic rings. The van der Waals surface area contributed by atoms with E-state index >= 15 is 0 Å². The molecule has 3 rings (SSSR count). The summed E-state index contributed by atoms with van der Waals surface area (Å²) in [5.41, 5.74) is 1.56. The minimum Gasteiger partial charge on any atom is -0.497 e. The molecule has 3 aromatic rings. The van der Waals surface area contributed by atoms with Crippen LogP contribution in [0.3, 0.4) is 0 Å². The summed E-state index contributed by atoms with van der Waals surface area (Å²) in [4.78, 5) is 17.0. The smallest absolute Gasteiger partial charge is 0.253 e. The number of aromatic nitrogens is 2. The third-order valence-corrected chi connectivity index (χ3v) is 5.18. The second-order valence-electron chi connectivity index (χ2n) is 5.22. The van der Waals surface area contributed by atoms with Gasteiger partial charge in [0, 0.05) is 24.8 Å². The summed E-state index contributed by atoms with van der Waals surface area (Å²) in [7, 11) is 3.54. The van der Waals surface area contributed by atoms with Crippen LogP contribution in [-0.2, 0) is 7.05 Å². The molecule has 24 heavy (non-hydrogen) atoms. The molecule has 0 saturated carbocycles. The van der Waals surface area contributed by atoms with Gasteiger partial charge in [-0.2, -0.15) is 0 Å². The van der Waals surface area contributed by atoms with Gasteiger partial charge in [0.15, 0.2) is 0 Å². The Balaban J connectivity index is 1.93. The van der Waals surface area contributed by atoms with Crippen LogP contribution in [0, 0.1) is 0 Å². The minimum absolute atomic E-state index is 0.138. The SMILES string of the molecule is COc1ccc(C(NC(=O)c2csc(Br)c2)c2nccn2C)cc1. The molecule has 0 spiro atoms. The molecule has 124 valence electrons. The number of hydrogen-bond donors (Lipinski definition) is 1. The van der Waals surface area contributed by atoms with Crippen LogP contribution in [0.4, 0.5) is 0 Å².